The molecule has 0 fully saturated rings. The Morgan fingerprint density at radius 2 is 1.80 bits per heavy atom. The summed E-state index contributed by atoms with van der Waals surface area (Å²) in [6.07, 6.45) is 0.929. The van der Waals surface area contributed by atoms with Gasteiger partial charge in [0.15, 0.2) is 5.11 Å². The molecule has 2 N–H and O–H groups in total. The topological polar surface area (TPSA) is 93.5 Å². The molecule has 25 heavy (non-hydrogen) atoms. The van der Waals surface area contributed by atoms with Crippen molar-refractivity contribution in [2.45, 2.75) is 13.3 Å². The number of carbonyl (C=O) groups is 1. The fourth-order valence-corrected chi connectivity index (χ4v) is 2.14. The standard InChI is InChI=1S/C17H17N3O4S/c1-2-11-24-15-9-5-13(6-10-15)18-17(25)19-16(21)12-3-7-14(8-4-12)20(22)23/h3-10H,2,11H2,1H3,(H2,18,19,21,25). The smallest absolute Gasteiger partial charge is 0.269 e. The lowest BCUT2D eigenvalue weighted by molar-refractivity contribution is -0.384. The monoisotopic (exact) mass is 359 g/mol. The third kappa shape index (κ3) is 5.54. The molecular formula is C17H17N3O4S. The highest BCUT2D eigenvalue weighted by Crippen LogP contribution is 2.16. The summed E-state index contributed by atoms with van der Waals surface area (Å²) >= 11 is 5.10. The number of rotatable bonds is 6. The van der Waals surface area contributed by atoms with Crippen LogP contribution in [0.15, 0.2) is 48.5 Å². The van der Waals surface area contributed by atoms with Gasteiger partial charge in [-0.05, 0) is 55.0 Å². The summed E-state index contributed by atoms with van der Waals surface area (Å²) in [5.41, 5.74) is 0.901. The molecule has 0 aliphatic heterocycles. The number of thiocarbonyl (C=S) groups is 1. The second-order valence-corrected chi connectivity index (χ2v) is 5.49. The van der Waals surface area contributed by atoms with E-state index in [0.29, 0.717) is 12.3 Å². The summed E-state index contributed by atoms with van der Waals surface area (Å²) in [6.45, 7) is 2.68. The van der Waals surface area contributed by atoms with Crippen molar-refractivity contribution in [2.24, 2.45) is 0 Å². The van der Waals surface area contributed by atoms with Gasteiger partial charge in [-0.15, -0.1) is 0 Å². The molecule has 130 valence electrons. The van der Waals surface area contributed by atoms with Gasteiger partial charge in [-0.3, -0.25) is 20.2 Å². The number of ether oxygens (including phenoxy) is 1. The van der Waals surface area contributed by atoms with Crippen LogP contribution in [0.25, 0.3) is 0 Å². The molecule has 0 aliphatic rings. The van der Waals surface area contributed by atoms with Gasteiger partial charge in [-0.1, -0.05) is 6.92 Å². The number of nitrogens with one attached hydrogen (secondary N) is 2. The van der Waals surface area contributed by atoms with Gasteiger partial charge < -0.3 is 10.1 Å². The summed E-state index contributed by atoms with van der Waals surface area (Å²) in [4.78, 5) is 22.2. The summed E-state index contributed by atoms with van der Waals surface area (Å²) in [5, 5.41) is 16.2. The average molecular weight is 359 g/mol. The number of benzene rings is 2. The van der Waals surface area contributed by atoms with Crippen LogP contribution in [0, 0.1) is 10.1 Å². The van der Waals surface area contributed by atoms with Crippen LogP contribution in [0.3, 0.4) is 0 Å². The van der Waals surface area contributed by atoms with Gasteiger partial charge in [0.25, 0.3) is 11.6 Å². The maximum Gasteiger partial charge on any atom is 0.269 e. The van der Waals surface area contributed by atoms with Crippen molar-refractivity contribution in [1.82, 2.24) is 5.32 Å². The number of anilines is 1. The zero-order chi connectivity index (χ0) is 18.2. The average Bonchev–Trinajstić information content (AvgIpc) is 2.61. The van der Waals surface area contributed by atoms with Gasteiger partial charge in [0, 0.05) is 23.4 Å². The first kappa shape index (κ1) is 18.3. The van der Waals surface area contributed by atoms with Crippen molar-refractivity contribution in [1.29, 1.82) is 0 Å². The van der Waals surface area contributed by atoms with Crippen molar-refractivity contribution >= 4 is 34.6 Å². The first-order valence-corrected chi connectivity index (χ1v) is 8.00. The molecule has 2 aromatic rings. The number of nitrogens with zero attached hydrogens (tertiary/aromatic N) is 1. The minimum absolute atomic E-state index is 0.0809. The predicted octanol–water partition coefficient (Wildman–Crippen LogP) is 3.51. The first-order chi connectivity index (χ1) is 12.0. The lowest BCUT2D eigenvalue weighted by Gasteiger charge is -2.10. The number of nitro groups is 1. The van der Waals surface area contributed by atoms with Crippen molar-refractivity contribution in [2.75, 3.05) is 11.9 Å². The number of hydrogen-bond acceptors (Lipinski definition) is 5. The van der Waals surface area contributed by atoms with Crippen LogP contribution in [0.4, 0.5) is 11.4 Å². The van der Waals surface area contributed by atoms with E-state index >= 15 is 0 Å². The molecule has 0 radical (unpaired) electrons. The maximum absolute atomic E-state index is 12.1. The molecule has 0 heterocycles. The van der Waals surface area contributed by atoms with E-state index in [1.165, 1.54) is 24.3 Å². The molecule has 0 atom stereocenters. The van der Waals surface area contributed by atoms with E-state index in [9.17, 15) is 14.9 Å². The molecule has 2 aromatic carbocycles. The summed E-state index contributed by atoms with van der Waals surface area (Å²) in [5.74, 6) is 0.309. The largest absolute Gasteiger partial charge is 0.494 e. The minimum atomic E-state index is -0.526. The van der Waals surface area contributed by atoms with E-state index in [-0.39, 0.29) is 16.4 Å². The van der Waals surface area contributed by atoms with E-state index in [1.54, 1.807) is 24.3 Å². The van der Waals surface area contributed by atoms with Gasteiger partial charge >= 0.3 is 0 Å². The Hall–Kier alpha value is -3.00. The van der Waals surface area contributed by atoms with Crippen LogP contribution < -0.4 is 15.4 Å². The summed E-state index contributed by atoms with van der Waals surface area (Å²) < 4.78 is 5.49. The lowest BCUT2D eigenvalue weighted by atomic mass is 10.2. The Kier molecular flexibility index (Phi) is 6.41. The van der Waals surface area contributed by atoms with E-state index in [4.69, 9.17) is 17.0 Å². The number of hydrogen-bond donors (Lipinski definition) is 2. The van der Waals surface area contributed by atoms with E-state index in [2.05, 4.69) is 10.6 Å². The number of amides is 1. The number of nitro benzene ring substituents is 1. The van der Waals surface area contributed by atoms with Gasteiger partial charge in [-0.2, -0.15) is 0 Å². The normalized spacial score (nSPS) is 9.96. The van der Waals surface area contributed by atoms with Crippen molar-refractivity contribution in [3.05, 3.63) is 64.2 Å². The maximum atomic E-state index is 12.1. The van der Waals surface area contributed by atoms with E-state index < -0.39 is 10.8 Å². The van der Waals surface area contributed by atoms with E-state index in [1.807, 2.05) is 6.92 Å². The quantitative estimate of drug-likeness (QED) is 0.466. The molecule has 0 saturated carbocycles. The molecule has 8 heteroatoms. The highest BCUT2D eigenvalue weighted by Gasteiger charge is 2.11. The molecule has 0 saturated heterocycles. The van der Waals surface area contributed by atoms with Crippen molar-refractivity contribution in [3.8, 4) is 5.75 Å². The zero-order valence-electron chi connectivity index (χ0n) is 13.5. The Bertz CT molecular complexity index is 760. The fraction of sp³-hybridized carbons (Fsp3) is 0.176. The zero-order valence-corrected chi connectivity index (χ0v) is 14.3. The molecule has 0 spiro atoms. The molecule has 1 amide bonds. The third-order valence-electron chi connectivity index (χ3n) is 3.15. The molecule has 0 bridgehead atoms. The molecule has 2 rings (SSSR count). The van der Waals surface area contributed by atoms with Gasteiger partial charge in [0.2, 0.25) is 0 Å². The van der Waals surface area contributed by atoms with Crippen LogP contribution in [-0.4, -0.2) is 22.5 Å². The number of non-ortho nitro benzene ring substituents is 1. The van der Waals surface area contributed by atoms with Crippen LogP contribution in [0.2, 0.25) is 0 Å². The Morgan fingerprint density at radius 3 is 2.36 bits per heavy atom. The lowest BCUT2D eigenvalue weighted by Crippen LogP contribution is -2.34. The highest BCUT2D eigenvalue weighted by molar-refractivity contribution is 7.80. The molecule has 0 aliphatic carbocycles. The summed E-state index contributed by atoms with van der Waals surface area (Å²) in [6, 6.07) is 12.5. The number of carbonyl (C=O) groups excluding carboxylic acids is 1. The Morgan fingerprint density at radius 1 is 1.16 bits per heavy atom. The molecule has 0 aromatic heterocycles. The van der Waals surface area contributed by atoms with Crippen molar-refractivity contribution < 1.29 is 14.5 Å². The predicted molar refractivity (Wildman–Crippen MR) is 99.0 cm³/mol. The second kappa shape index (κ2) is 8.74. The van der Waals surface area contributed by atoms with Crippen molar-refractivity contribution in [3.63, 3.8) is 0 Å². The van der Waals surface area contributed by atoms with Crippen LogP contribution >= 0.6 is 12.2 Å². The van der Waals surface area contributed by atoms with Gasteiger partial charge in [0.1, 0.15) is 5.75 Å². The minimum Gasteiger partial charge on any atom is -0.494 e. The Labute approximate surface area is 150 Å². The highest BCUT2D eigenvalue weighted by atomic mass is 32.1. The fourth-order valence-electron chi connectivity index (χ4n) is 1.93. The third-order valence-corrected chi connectivity index (χ3v) is 3.36. The van der Waals surface area contributed by atoms with Crippen LogP contribution in [0.1, 0.15) is 23.7 Å². The van der Waals surface area contributed by atoms with Crippen LogP contribution in [-0.2, 0) is 0 Å². The first-order valence-electron chi connectivity index (χ1n) is 7.59. The summed E-state index contributed by atoms with van der Waals surface area (Å²) in [7, 11) is 0. The Balaban J connectivity index is 1.90. The molecule has 0 unspecified atom stereocenters. The van der Waals surface area contributed by atoms with Gasteiger partial charge in [-0.25, -0.2) is 0 Å². The van der Waals surface area contributed by atoms with Gasteiger partial charge in [0.05, 0.1) is 11.5 Å². The van der Waals surface area contributed by atoms with E-state index in [0.717, 1.165) is 12.2 Å². The molecule has 7 nitrogen and oxygen atoms in total. The SMILES string of the molecule is CCCOc1ccc(NC(=S)NC(=O)c2ccc([N+](=O)[O-])cc2)cc1. The molecular weight excluding hydrogens is 342 g/mol. The van der Waals surface area contributed by atoms with Crippen LogP contribution in [0.5, 0.6) is 5.75 Å². The second-order valence-electron chi connectivity index (χ2n) is 5.09.